The number of ether oxygens (including phenoxy) is 1. The van der Waals surface area contributed by atoms with Crippen LogP contribution in [-0.2, 0) is 6.42 Å². The number of nitrogens with zero attached hydrogens (tertiary/aromatic N) is 1. The molecule has 0 unspecified atom stereocenters. The van der Waals surface area contributed by atoms with Crippen molar-refractivity contribution < 1.29 is 4.74 Å². The SMILES string of the molecule is CCCOc1cc(N)cc(NCCCc2ncc[nH]2)c1. The Morgan fingerprint density at radius 3 is 3.00 bits per heavy atom. The van der Waals surface area contributed by atoms with E-state index < -0.39 is 0 Å². The van der Waals surface area contributed by atoms with Crippen molar-refractivity contribution in [1.29, 1.82) is 0 Å². The van der Waals surface area contributed by atoms with E-state index in [1.54, 1.807) is 6.20 Å². The minimum Gasteiger partial charge on any atom is -0.493 e. The lowest BCUT2D eigenvalue weighted by Gasteiger charge is -2.10. The molecule has 20 heavy (non-hydrogen) atoms. The highest BCUT2D eigenvalue weighted by atomic mass is 16.5. The molecule has 1 aromatic carbocycles. The number of aromatic amines is 1. The maximum atomic E-state index is 5.88. The zero-order chi connectivity index (χ0) is 14.2. The second-order valence-electron chi connectivity index (χ2n) is 4.71. The molecule has 0 fully saturated rings. The average molecular weight is 274 g/mol. The van der Waals surface area contributed by atoms with E-state index in [2.05, 4.69) is 22.2 Å². The van der Waals surface area contributed by atoms with Crippen LogP contribution in [0.25, 0.3) is 0 Å². The lowest BCUT2D eigenvalue weighted by atomic mass is 10.2. The van der Waals surface area contributed by atoms with Crippen LogP contribution in [0.2, 0.25) is 0 Å². The number of nitrogens with one attached hydrogen (secondary N) is 2. The molecule has 2 aromatic rings. The van der Waals surface area contributed by atoms with Gasteiger partial charge in [0.2, 0.25) is 0 Å². The number of imidazole rings is 1. The van der Waals surface area contributed by atoms with Crippen molar-refractivity contribution in [2.45, 2.75) is 26.2 Å². The Labute approximate surface area is 119 Å². The average Bonchev–Trinajstić information content (AvgIpc) is 2.94. The number of aromatic nitrogens is 2. The van der Waals surface area contributed by atoms with Gasteiger partial charge in [-0.05, 0) is 18.9 Å². The maximum absolute atomic E-state index is 5.88. The van der Waals surface area contributed by atoms with Gasteiger partial charge < -0.3 is 20.8 Å². The molecule has 0 aliphatic heterocycles. The highest BCUT2D eigenvalue weighted by Gasteiger charge is 2.00. The van der Waals surface area contributed by atoms with Crippen LogP contribution in [-0.4, -0.2) is 23.1 Å². The van der Waals surface area contributed by atoms with Crippen LogP contribution in [0.1, 0.15) is 25.6 Å². The Hall–Kier alpha value is -2.17. The van der Waals surface area contributed by atoms with Crippen LogP contribution < -0.4 is 15.8 Å². The Bertz CT molecular complexity index is 511. The van der Waals surface area contributed by atoms with Crippen LogP contribution >= 0.6 is 0 Å². The van der Waals surface area contributed by atoms with Crippen LogP contribution in [0.4, 0.5) is 11.4 Å². The number of benzene rings is 1. The van der Waals surface area contributed by atoms with Crippen molar-refractivity contribution in [1.82, 2.24) is 9.97 Å². The second-order valence-corrected chi connectivity index (χ2v) is 4.71. The lowest BCUT2D eigenvalue weighted by Crippen LogP contribution is -2.05. The number of hydrogen-bond acceptors (Lipinski definition) is 4. The predicted octanol–water partition coefficient (Wildman–Crippen LogP) is 2.83. The summed E-state index contributed by atoms with van der Waals surface area (Å²) in [4.78, 5) is 7.30. The van der Waals surface area contributed by atoms with E-state index >= 15 is 0 Å². The summed E-state index contributed by atoms with van der Waals surface area (Å²) < 4.78 is 5.61. The molecule has 0 saturated carbocycles. The zero-order valence-corrected chi connectivity index (χ0v) is 11.9. The highest BCUT2D eigenvalue weighted by Crippen LogP contribution is 2.22. The van der Waals surface area contributed by atoms with Crippen molar-refractivity contribution in [3.63, 3.8) is 0 Å². The lowest BCUT2D eigenvalue weighted by molar-refractivity contribution is 0.318. The summed E-state index contributed by atoms with van der Waals surface area (Å²) in [5.74, 6) is 1.84. The van der Waals surface area contributed by atoms with Crippen molar-refractivity contribution in [2.75, 3.05) is 24.2 Å². The van der Waals surface area contributed by atoms with Gasteiger partial charge in [-0.3, -0.25) is 0 Å². The van der Waals surface area contributed by atoms with Crippen molar-refractivity contribution in [2.24, 2.45) is 0 Å². The summed E-state index contributed by atoms with van der Waals surface area (Å²) in [6.45, 7) is 3.67. The predicted molar refractivity (Wildman–Crippen MR) is 82.0 cm³/mol. The molecule has 5 heteroatoms. The van der Waals surface area contributed by atoms with E-state index in [4.69, 9.17) is 10.5 Å². The number of nitrogen functional groups attached to an aromatic ring is 1. The first-order chi connectivity index (χ1) is 9.78. The van der Waals surface area contributed by atoms with E-state index in [1.807, 2.05) is 24.4 Å². The van der Waals surface area contributed by atoms with Gasteiger partial charge in [0, 0.05) is 48.9 Å². The monoisotopic (exact) mass is 274 g/mol. The molecular weight excluding hydrogens is 252 g/mol. The van der Waals surface area contributed by atoms with Gasteiger partial charge in [0.15, 0.2) is 0 Å². The molecule has 0 atom stereocenters. The van der Waals surface area contributed by atoms with Crippen LogP contribution in [0.5, 0.6) is 5.75 Å². The van der Waals surface area contributed by atoms with E-state index in [1.165, 1.54) is 0 Å². The molecule has 0 radical (unpaired) electrons. The quantitative estimate of drug-likeness (QED) is 0.511. The number of nitrogens with two attached hydrogens (primary N) is 1. The fourth-order valence-electron chi connectivity index (χ4n) is 1.95. The molecular formula is C15H22N4O. The van der Waals surface area contributed by atoms with Gasteiger partial charge in [-0.25, -0.2) is 4.98 Å². The van der Waals surface area contributed by atoms with Gasteiger partial charge in [-0.2, -0.15) is 0 Å². The molecule has 5 nitrogen and oxygen atoms in total. The summed E-state index contributed by atoms with van der Waals surface area (Å²) in [7, 11) is 0. The van der Waals surface area contributed by atoms with E-state index in [0.29, 0.717) is 12.3 Å². The summed E-state index contributed by atoms with van der Waals surface area (Å²) in [5, 5.41) is 3.36. The Balaban J connectivity index is 1.80. The summed E-state index contributed by atoms with van der Waals surface area (Å²) in [5.41, 5.74) is 7.59. The van der Waals surface area contributed by atoms with Crippen LogP contribution in [0, 0.1) is 0 Å². The smallest absolute Gasteiger partial charge is 0.123 e. The summed E-state index contributed by atoms with van der Waals surface area (Å²) >= 11 is 0. The Morgan fingerprint density at radius 1 is 1.35 bits per heavy atom. The molecule has 0 bridgehead atoms. The molecule has 1 heterocycles. The van der Waals surface area contributed by atoms with E-state index in [9.17, 15) is 0 Å². The normalized spacial score (nSPS) is 10.4. The van der Waals surface area contributed by atoms with Gasteiger partial charge in [-0.15, -0.1) is 0 Å². The fourth-order valence-corrected chi connectivity index (χ4v) is 1.95. The second kappa shape index (κ2) is 7.43. The standard InChI is InChI=1S/C15H22N4O/c1-2-8-20-14-10-12(16)9-13(11-14)17-5-3-4-15-18-6-7-19-15/h6-7,9-11,17H,2-5,8,16H2,1H3,(H,18,19). The van der Waals surface area contributed by atoms with Gasteiger partial charge in [0.05, 0.1) is 6.61 Å². The third kappa shape index (κ3) is 4.50. The highest BCUT2D eigenvalue weighted by molar-refractivity contribution is 5.59. The Kier molecular flexibility index (Phi) is 5.29. The fraction of sp³-hybridized carbons (Fsp3) is 0.400. The third-order valence-corrected chi connectivity index (χ3v) is 2.88. The minimum atomic E-state index is 0.710. The number of rotatable bonds is 8. The summed E-state index contributed by atoms with van der Waals surface area (Å²) in [6.07, 6.45) is 6.55. The van der Waals surface area contributed by atoms with Gasteiger partial charge >= 0.3 is 0 Å². The molecule has 2 rings (SSSR count). The molecule has 0 amide bonds. The Morgan fingerprint density at radius 2 is 2.25 bits per heavy atom. The van der Waals surface area contributed by atoms with Crippen LogP contribution in [0.15, 0.2) is 30.6 Å². The summed E-state index contributed by atoms with van der Waals surface area (Å²) in [6, 6.07) is 5.76. The minimum absolute atomic E-state index is 0.710. The number of anilines is 2. The molecule has 0 aliphatic carbocycles. The van der Waals surface area contributed by atoms with Crippen molar-refractivity contribution in [3.8, 4) is 5.75 Å². The molecule has 0 spiro atoms. The number of hydrogen-bond donors (Lipinski definition) is 3. The van der Waals surface area contributed by atoms with E-state index in [-0.39, 0.29) is 0 Å². The molecule has 0 saturated heterocycles. The number of aryl methyl sites for hydroxylation is 1. The number of H-pyrrole nitrogens is 1. The van der Waals surface area contributed by atoms with Gasteiger partial charge in [0.1, 0.15) is 11.6 Å². The van der Waals surface area contributed by atoms with E-state index in [0.717, 1.165) is 43.1 Å². The topological polar surface area (TPSA) is 76.0 Å². The third-order valence-electron chi connectivity index (χ3n) is 2.88. The maximum Gasteiger partial charge on any atom is 0.123 e. The molecule has 0 aliphatic rings. The molecule has 4 N–H and O–H groups in total. The van der Waals surface area contributed by atoms with Crippen LogP contribution in [0.3, 0.4) is 0 Å². The van der Waals surface area contributed by atoms with Gasteiger partial charge in [-0.1, -0.05) is 6.92 Å². The van der Waals surface area contributed by atoms with Crippen molar-refractivity contribution in [3.05, 3.63) is 36.4 Å². The molecule has 1 aromatic heterocycles. The molecule has 108 valence electrons. The largest absolute Gasteiger partial charge is 0.493 e. The zero-order valence-electron chi connectivity index (χ0n) is 11.9. The first-order valence-corrected chi connectivity index (χ1v) is 7.03. The van der Waals surface area contributed by atoms with Gasteiger partial charge in [0.25, 0.3) is 0 Å². The first-order valence-electron chi connectivity index (χ1n) is 7.03. The van der Waals surface area contributed by atoms with Crippen molar-refractivity contribution >= 4 is 11.4 Å². The first kappa shape index (κ1) is 14.2.